The van der Waals surface area contributed by atoms with E-state index in [4.69, 9.17) is 30.2 Å². The summed E-state index contributed by atoms with van der Waals surface area (Å²) in [7, 11) is -1.93. The molecule has 10 heteroatoms. The molecule has 4 rings (SSSR count). The van der Waals surface area contributed by atoms with Crippen LogP contribution in [0, 0.1) is 6.92 Å². The summed E-state index contributed by atoms with van der Waals surface area (Å²) in [6, 6.07) is 0. The summed E-state index contributed by atoms with van der Waals surface area (Å²) in [5.74, 6) is -0.128. The first-order chi connectivity index (χ1) is 13.8. The van der Waals surface area contributed by atoms with Crippen LogP contribution in [0.2, 0.25) is 23.3 Å². The zero-order valence-corrected chi connectivity index (χ0v) is 20.6. The maximum atomic E-state index is 6.45. The number of hydrogen-bond donors (Lipinski definition) is 0. The van der Waals surface area contributed by atoms with Crippen molar-refractivity contribution in [2.45, 2.75) is 90.0 Å². The van der Waals surface area contributed by atoms with Gasteiger partial charge in [0, 0.05) is 0 Å². The van der Waals surface area contributed by atoms with Gasteiger partial charge in [-0.15, -0.1) is 0 Å². The van der Waals surface area contributed by atoms with Gasteiger partial charge in [0.1, 0.15) is 29.7 Å². The smallest absolute Gasteiger partial charge is 0.192 e. The fraction of sp³-hybridized carbons (Fsp3) is 0.750. The molecule has 2 aliphatic heterocycles. The van der Waals surface area contributed by atoms with E-state index in [1.165, 1.54) is 0 Å². The van der Waals surface area contributed by atoms with E-state index in [0.717, 1.165) is 0 Å². The van der Waals surface area contributed by atoms with E-state index in [9.17, 15) is 0 Å². The normalized spacial score (nSPS) is 29.0. The number of nitrogens with zero attached hydrogens (tertiary/aromatic N) is 4. The lowest BCUT2D eigenvalue weighted by molar-refractivity contribution is -0.199. The van der Waals surface area contributed by atoms with Crippen molar-refractivity contribution in [1.82, 2.24) is 19.5 Å². The lowest BCUT2D eigenvalue weighted by Crippen LogP contribution is -2.44. The number of fused-ring (bicyclic) bond motifs is 2. The molecular weight excluding hydrogens is 424 g/mol. The van der Waals surface area contributed by atoms with Gasteiger partial charge in [0.2, 0.25) is 0 Å². The van der Waals surface area contributed by atoms with Crippen molar-refractivity contribution in [2.75, 3.05) is 6.61 Å². The maximum absolute atomic E-state index is 6.45. The molecule has 0 spiro atoms. The first-order valence-electron chi connectivity index (χ1n) is 10.3. The zero-order valence-electron chi connectivity index (χ0n) is 18.9. The van der Waals surface area contributed by atoms with Crippen LogP contribution in [-0.4, -0.2) is 58.5 Å². The number of rotatable bonds is 4. The molecule has 8 nitrogen and oxygen atoms in total. The van der Waals surface area contributed by atoms with Crippen molar-refractivity contribution in [3.8, 4) is 0 Å². The van der Waals surface area contributed by atoms with Crippen LogP contribution in [0.1, 0.15) is 46.7 Å². The third-order valence-corrected chi connectivity index (χ3v) is 11.1. The fourth-order valence-corrected chi connectivity index (χ4v) is 4.96. The summed E-state index contributed by atoms with van der Waals surface area (Å²) in [6.07, 6.45) is 0.426. The Labute approximate surface area is 183 Å². The second kappa shape index (κ2) is 7.21. The third-order valence-electron chi connectivity index (χ3n) is 6.30. The molecule has 2 aromatic rings. The summed E-state index contributed by atoms with van der Waals surface area (Å²) >= 11 is 6.27. The monoisotopic (exact) mass is 454 g/mol. The predicted octanol–water partition coefficient (Wildman–Crippen LogP) is 4.23. The Bertz CT molecular complexity index is 958. The molecule has 2 aromatic heterocycles. The standard InChI is InChI=1S/C20H31ClN4O4Si/c1-11-23-16(21)13-17(24-11)25(10-22-13)18-15-14(28-20(5,6)29-15)12(27-18)9-26-30(7,8)19(2,3)4/h10,12,14-15,18H,9H2,1-8H3/t12-,14-,15-,18-/m1/s1. The van der Waals surface area contributed by atoms with Gasteiger partial charge >= 0.3 is 0 Å². The van der Waals surface area contributed by atoms with Gasteiger partial charge in [-0.1, -0.05) is 32.4 Å². The Balaban J connectivity index is 1.64. The fourth-order valence-electron chi connectivity index (χ4n) is 3.69. The molecule has 4 atom stereocenters. The van der Waals surface area contributed by atoms with Crippen LogP contribution < -0.4 is 0 Å². The summed E-state index contributed by atoms with van der Waals surface area (Å²) in [6.45, 7) is 17.2. The van der Waals surface area contributed by atoms with E-state index in [1.807, 2.05) is 18.4 Å². The molecule has 4 heterocycles. The highest BCUT2D eigenvalue weighted by Crippen LogP contribution is 2.45. The average molecular weight is 455 g/mol. The Morgan fingerprint density at radius 3 is 2.53 bits per heavy atom. The van der Waals surface area contributed by atoms with Crippen molar-refractivity contribution in [2.24, 2.45) is 0 Å². The minimum absolute atomic E-state index is 0.114. The van der Waals surface area contributed by atoms with Crippen LogP contribution in [-0.2, 0) is 18.6 Å². The Hall–Kier alpha value is -1.10. The quantitative estimate of drug-likeness (QED) is 0.505. The summed E-state index contributed by atoms with van der Waals surface area (Å²) in [5, 5.41) is 0.440. The number of imidazole rings is 1. The Morgan fingerprint density at radius 1 is 1.20 bits per heavy atom. The van der Waals surface area contributed by atoms with Crippen LogP contribution in [0.5, 0.6) is 0 Å². The molecule has 0 N–H and O–H groups in total. The van der Waals surface area contributed by atoms with E-state index in [1.54, 1.807) is 13.3 Å². The van der Waals surface area contributed by atoms with Gasteiger partial charge in [0.05, 0.1) is 12.9 Å². The summed E-state index contributed by atoms with van der Waals surface area (Å²) < 4.78 is 27.2. The van der Waals surface area contributed by atoms with Gasteiger partial charge < -0.3 is 18.6 Å². The molecule has 0 saturated carbocycles. The Kier molecular flexibility index (Phi) is 5.31. The van der Waals surface area contributed by atoms with Crippen LogP contribution in [0.4, 0.5) is 0 Å². The van der Waals surface area contributed by atoms with E-state index in [2.05, 4.69) is 48.8 Å². The third kappa shape index (κ3) is 3.80. The highest BCUT2D eigenvalue weighted by molar-refractivity contribution is 6.74. The number of ether oxygens (including phenoxy) is 3. The first-order valence-corrected chi connectivity index (χ1v) is 13.6. The molecule has 0 aliphatic carbocycles. The molecule has 0 bridgehead atoms. The second-order valence-electron chi connectivity index (χ2n) is 10.1. The maximum Gasteiger partial charge on any atom is 0.192 e. The van der Waals surface area contributed by atoms with Crippen molar-refractivity contribution in [3.63, 3.8) is 0 Å². The molecule has 0 unspecified atom stereocenters. The number of aryl methyl sites for hydroxylation is 1. The van der Waals surface area contributed by atoms with Crippen molar-refractivity contribution in [3.05, 3.63) is 17.3 Å². The molecule has 0 amide bonds. The van der Waals surface area contributed by atoms with Crippen molar-refractivity contribution < 1.29 is 18.6 Å². The average Bonchev–Trinajstić information content (AvgIpc) is 3.23. The minimum atomic E-state index is -1.93. The number of hydrogen-bond acceptors (Lipinski definition) is 7. The van der Waals surface area contributed by atoms with E-state index in [-0.39, 0.29) is 23.4 Å². The molecule has 166 valence electrons. The molecule has 30 heavy (non-hydrogen) atoms. The molecular formula is C20H31ClN4O4Si. The van der Waals surface area contributed by atoms with E-state index in [0.29, 0.717) is 28.7 Å². The van der Waals surface area contributed by atoms with Crippen molar-refractivity contribution >= 4 is 31.1 Å². The van der Waals surface area contributed by atoms with E-state index < -0.39 is 20.3 Å². The topological polar surface area (TPSA) is 80.5 Å². The zero-order chi connectivity index (χ0) is 22.1. The van der Waals surface area contributed by atoms with Gasteiger partial charge in [0.25, 0.3) is 0 Å². The summed E-state index contributed by atoms with van der Waals surface area (Å²) in [5.41, 5.74) is 1.16. The van der Waals surface area contributed by atoms with Crippen LogP contribution in [0.15, 0.2) is 6.33 Å². The molecule has 0 radical (unpaired) electrons. The molecule has 0 aromatic carbocycles. The van der Waals surface area contributed by atoms with Gasteiger partial charge in [-0.05, 0) is 38.9 Å². The first kappa shape index (κ1) is 22.1. The van der Waals surface area contributed by atoms with Crippen molar-refractivity contribution in [1.29, 1.82) is 0 Å². The van der Waals surface area contributed by atoms with Gasteiger partial charge in [-0.2, -0.15) is 0 Å². The SMILES string of the molecule is Cc1nc(Cl)c2ncn([C@@H]3O[C@H](CO[Si](C)(C)C(C)(C)C)[C@H]4OC(C)(C)O[C@H]43)c2n1. The lowest BCUT2D eigenvalue weighted by Gasteiger charge is -2.37. The lowest BCUT2D eigenvalue weighted by atomic mass is 10.1. The van der Waals surface area contributed by atoms with E-state index >= 15 is 0 Å². The second-order valence-corrected chi connectivity index (χ2v) is 15.3. The predicted molar refractivity (Wildman–Crippen MR) is 116 cm³/mol. The van der Waals surface area contributed by atoms with Crippen LogP contribution in [0.25, 0.3) is 11.2 Å². The molecule has 2 aliphatic rings. The van der Waals surface area contributed by atoms with Gasteiger partial charge in [0.15, 0.2) is 31.1 Å². The highest BCUT2D eigenvalue weighted by atomic mass is 35.5. The van der Waals surface area contributed by atoms with Gasteiger partial charge in [-0.3, -0.25) is 4.57 Å². The molecule has 2 saturated heterocycles. The van der Waals surface area contributed by atoms with Crippen LogP contribution in [0.3, 0.4) is 0 Å². The van der Waals surface area contributed by atoms with Crippen LogP contribution >= 0.6 is 11.6 Å². The minimum Gasteiger partial charge on any atom is -0.414 e. The van der Waals surface area contributed by atoms with Gasteiger partial charge in [-0.25, -0.2) is 15.0 Å². The molecule has 2 fully saturated rings. The highest BCUT2D eigenvalue weighted by Gasteiger charge is 2.56. The summed E-state index contributed by atoms with van der Waals surface area (Å²) in [4.78, 5) is 13.1. The Morgan fingerprint density at radius 2 is 1.87 bits per heavy atom. The largest absolute Gasteiger partial charge is 0.414 e. The number of aromatic nitrogens is 4. The number of halogens is 1.